The molecule has 0 bridgehead atoms. The minimum atomic E-state index is -0.632. The minimum Gasteiger partial charge on any atom is -0.299 e. The van der Waals surface area contributed by atoms with Crippen molar-refractivity contribution in [2.24, 2.45) is 0 Å². The van der Waals surface area contributed by atoms with Crippen molar-refractivity contribution in [3.8, 4) is 0 Å². The van der Waals surface area contributed by atoms with E-state index in [0.29, 0.717) is 18.4 Å². The first-order valence-electron chi connectivity index (χ1n) is 11.5. The highest BCUT2D eigenvalue weighted by atomic mass is 16.2. The first kappa shape index (κ1) is 22.4. The quantitative estimate of drug-likeness (QED) is 0.422. The van der Waals surface area contributed by atoms with Crippen LogP contribution in [0.2, 0.25) is 0 Å². The predicted octanol–water partition coefficient (Wildman–Crippen LogP) is 6.37. The number of rotatable bonds is 3. The standard InChI is InChI=1S/C29H33NO2/c1-17(2)26(23-9-8-19(16-30-23)27-24(31)10-11-25(27)32)20-15-22-21(14-18(20)3)28(4,5)12-13-29(22,6)7/h8-9,12-16,27H,10-11H2,1-7H3. The molecule has 2 aliphatic carbocycles. The number of aryl methyl sites for hydroxylation is 1. The maximum atomic E-state index is 12.2. The van der Waals surface area contributed by atoms with Crippen LogP contribution in [0.15, 0.2) is 48.2 Å². The number of hydrogen-bond donors (Lipinski definition) is 0. The highest BCUT2D eigenvalue weighted by Gasteiger charge is 2.35. The van der Waals surface area contributed by atoms with E-state index >= 15 is 0 Å². The van der Waals surface area contributed by atoms with Crippen LogP contribution in [-0.2, 0) is 20.4 Å². The van der Waals surface area contributed by atoms with Crippen LogP contribution >= 0.6 is 0 Å². The third-order valence-electron chi connectivity index (χ3n) is 7.08. The van der Waals surface area contributed by atoms with Gasteiger partial charge in [-0.1, -0.05) is 57.6 Å². The Morgan fingerprint density at radius 3 is 1.97 bits per heavy atom. The Labute approximate surface area is 191 Å². The van der Waals surface area contributed by atoms with Crippen LogP contribution < -0.4 is 0 Å². The lowest BCUT2D eigenvalue weighted by atomic mass is 9.67. The van der Waals surface area contributed by atoms with Gasteiger partial charge in [-0.3, -0.25) is 14.6 Å². The van der Waals surface area contributed by atoms with Crippen LogP contribution in [0.25, 0.3) is 5.57 Å². The van der Waals surface area contributed by atoms with Gasteiger partial charge in [0.05, 0.1) is 5.69 Å². The molecule has 3 heteroatoms. The Morgan fingerprint density at radius 2 is 1.47 bits per heavy atom. The second-order valence-corrected chi connectivity index (χ2v) is 10.7. The number of fused-ring (bicyclic) bond motifs is 1. The Bertz CT molecular complexity index is 1160. The van der Waals surface area contributed by atoms with E-state index in [1.807, 2.05) is 12.1 Å². The van der Waals surface area contributed by atoms with Gasteiger partial charge in [-0.05, 0) is 60.7 Å². The number of ketones is 2. The molecule has 0 amide bonds. The summed E-state index contributed by atoms with van der Waals surface area (Å²) in [5, 5.41) is 0. The zero-order chi connectivity index (χ0) is 23.4. The minimum absolute atomic E-state index is 0.000461. The number of carbonyl (C=O) groups excluding carboxylic acids is 2. The zero-order valence-electron chi connectivity index (χ0n) is 20.3. The topological polar surface area (TPSA) is 47.0 Å². The van der Waals surface area contributed by atoms with Crippen molar-refractivity contribution in [2.45, 2.75) is 78.1 Å². The number of allylic oxidation sites excluding steroid dienone is 3. The van der Waals surface area contributed by atoms with Gasteiger partial charge in [-0.25, -0.2) is 0 Å². The van der Waals surface area contributed by atoms with Crippen molar-refractivity contribution in [1.82, 2.24) is 4.98 Å². The third-order valence-corrected chi connectivity index (χ3v) is 7.08. The number of nitrogens with zero attached hydrogens (tertiary/aromatic N) is 1. The van der Waals surface area contributed by atoms with Gasteiger partial charge < -0.3 is 0 Å². The van der Waals surface area contributed by atoms with Gasteiger partial charge >= 0.3 is 0 Å². The average molecular weight is 428 g/mol. The molecule has 1 fully saturated rings. The van der Waals surface area contributed by atoms with E-state index in [1.165, 1.54) is 27.8 Å². The molecule has 4 rings (SSSR count). The highest BCUT2D eigenvalue weighted by Crippen LogP contribution is 2.44. The van der Waals surface area contributed by atoms with Crippen LogP contribution in [0.3, 0.4) is 0 Å². The molecule has 0 spiro atoms. The smallest absolute Gasteiger partial charge is 0.148 e. The molecule has 2 aromatic rings. The van der Waals surface area contributed by atoms with E-state index in [9.17, 15) is 9.59 Å². The molecule has 0 unspecified atom stereocenters. The van der Waals surface area contributed by atoms with Crippen LogP contribution in [0.5, 0.6) is 0 Å². The van der Waals surface area contributed by atoms with Crippen molar-refractivity contribution in [3.63, 3.8) is 0 Å². The summed E-state index contributed by atoms with van der Waals surface area (Å²) in [7, 11) is 0. The fourth-order valence-corrected chi connectivity index (χ4v) is 5.11. The zero-order valence-corrected chi connectivity index (χ0v) is 20.3. The molecule has 1 aromatic heterocycles. The molecule has 0 atom stereocenters. The molecule has 1 aromatic carbocycles. The second-order valence-electron chi connectivity index (χ2n) is 10.7. The summed E-state index contributed by atoms with van der Waals surface area (Å²) >= 11 is 0. The number of carbonyl (C=O) groups is 2. The van der Waals surface area contributed by atoms with Crippen molar-refractivity contribution < 1.29 is 9.59 Å². The SMILES string of the molecule is CC(C)=C(c1ccc(C2C(=O)CCC2=O)cn1)c1cc2c(cc1C)C(C)(C)C=CC2(C)C. The highest BCUT2D eigenvalue weighted by molar-refractivity contribution is 6.13. The van der Waals surface area contributed by atoms with Crippen molar-refractivity contribution in [3.05, 3.63) is 81.7 Å². The summed E-state index contributed by atoms with van der Waals surface area (Å²) in [4.78, 5) is 29.1. The predicted molar refractivity (Wildman–Crippen MR) is 130 cm³/mol. The summed E-state index contributed by atoms with van der Waals surface area (Å²) in [6, 6.07) is 8.55. The van der Waals surface area contributed by atoms with Crippen molar-refractivity contribution in [2.75, 3.05) is 0 Å². The van der Waals surface area contributed by atoms with E-state index < -0.39 is 5.92 Å². The van der Waals surface area contributed by atoms with Gasteiger partial charge in [0.25, 0.3) is 0 Å². The summed E-state index contributed by atoms with van der Waals surface area (Å²) in [6.45, 7) is 15.5. The van der Waals surface area contributed by atoms with Gasteiger partial charge in [0, 0.05) is 35.4 Å². The third kappa shape index (κ3) is 3.68. The molecular weight excluding hydrogens is 394 g/mol. The maximum absolute atomic E-state index is 12.2. The van der Waals surface area contributed by atoms with Crippen LogP contribution in [0, 0.1) is 6.92 Å². The lowest BCUT2D eigenvalue weighted by Crippen LogP contribution is -2.29. The normalized spacial score (nSPS) is 19.2. The van der Waals surface area contributed by atoms with E-state index in [1.54, 1.807) is 6.20 Å². The monoisotopic (exact) mass is 427 g/mol. The molecule has 2 aliphatic rings. The van der Waals surface area contributed by atoms with Gasteiger partial charge in [-0.15, -0.1) is 0 Å². The molecule has 0 aliphatic heterocycles. The van der Waals surface area contributed by atoms with Crippen LogP contribution in [-0.4, -0.2) is 16.6 Å². The van der Waals surface area contributed by atoms with Gasteiger partial charge in [0.1, 0.15) is 17.5 Å². The fourth-order valence-electron chi connectivity index (χ4n) is 5.11. The molecule has 1 saturated carbocycles. The molecule has 1 heterocycles. The van der Waals surface area contributed by atoms with E-state index in [2.05, 4.69) is 72.8 Å². The van der Waals surface area contributed by atoms with Gasteiger partial charge in [0.2, 0.25) is 0 Å². The maximum Gasteiger partial charge on any atom is 0.148 e. The van der Waals surface area contributed by atoms with E-state index in [-0.39, 0.29) is 22.4 Å². The lowest BCUT2D eigenvalue weighted by molar-refractivity contribution is -0.123. The van der Waals surface area contributed by atoms with Gasteiger partial charge in [0.15, 0.2) is 0 Å². The summed E-state index contributed by atoms with van der Waals surface area (Å²) in [5.41, 5.74) is 8.99. The van der Waals surface area contributed by atoms with Crippen LogP contribution in [0.1, 0.15) is 93.8 Å². The van der Waals surface area contributed by atoms with E-state index in [4.69, 9.17) is 4.98 Å². The molecule has 0 radical (unpaired) electrons. The summed E-state index contributed by atoms with van der Waals surface area (Å²) in [6.07, 6.45) is 7.05. The molecule has 3 nitrogen and oxygen atoms in total. The number of hydrogen-bond acceptors (Lipinski definition) is 3. The first-order chi connectivity index (χ1) is 14.9. The lowest BCUT2D eigenvalue weighted by Gasteiger charge is -2.37. The first-order valence-corrected chi connectivity index (χ1v) is 11.5. The summed E-state index contributed by atoms with van der Waals surface area (Å²) < 4.78 is 0. The number of Topliss-reactive ketones (excluding diaryl/α,β-unsaturated/α-hetero) is 2. The fraction of sp³-hybridized carbons (Fsp3) is 0.414. The Balaban J connectivity index is 1.81. The van der Waals surface area contributed by atoms with Crippen molar-refractivity contribution >= 4 is 17.1 Å². The number of pyridine rings is 1. The van der Waals surface area contributed by atoms with Crippen molar-refractivity contribution in [1.29, 1.82) is 0 Å². The summed E-state index contributed by atoms with van der Waals surface area (Å²) in [5.74, 6) is -0.613. The molecule has 0 N–H and O–H groups in total. The second kappa shape index (κ2) is 7.65. The van der Waals surface area contributed by atoms with Crippen LogP contribution in [0.4, 0.5) is 0 Å². The number of aromatic nitrogens is 1. The average Bonchev–Trinajstić information content (AvgIpc) is 3.05. The Kier molecular flexibility index (Phi) is 5.35. The number of benzene rings is 1. The molecule has 0 saturated heterocycles. The molecule has 32 heavy (non-hydrogen) atoms. The van der Waals surface area contributed by atoms with Gasteiger partial charge in [-0.2, -0.15) is 0 Å². The Hall–Kier alpha value is -2.81. The molecular formula is C29H33NO2. The largest absolute Gasteiger partial charge is 0.299 e. The Morgan fingerprint density at radius 1 is 0.906 bits per heavy atom. The van der Waals surface area contributed by atoms with E-state index in [0.717, 1.165) is 11.3 Å². The molecule has 166 valence electrons.